The minimum atomic E-state index is 0.953. The van der Waals surface area contributed by atoms with Crippen molar-refractivity contribution in [3.05, 3.63) is 12.2 Å². The Morgan fingerprint density at radius 2 is 0.885 bits per heavy atom. The molecule has 0 saturated carbocycles. The zero-order valence-corrected chi connectivity index (χ0v) is 18.9. The summed E-state index contributed by atoms with van der Waals surface area (Å²) in [6.07, 6.45) is 33.4. The summed E-state index contributed by atoms with van der Waals surface area (Å²) in [5.41, 5.74) is 0. The lowest BCUT2D eigenvalue weighted by atomic mass is 9.96. The van der Waals surface area contributed by atoms with E-state index in [1.807, 2.05) is 0 Å². The van der Waals surface area contributed by atoms with Crippen molar-refractivity contribution in [2.75, 3.05) is 0 Å². The van der Waals surface area contributed by atoms with E-state index in [2.05, 4.69) is 32.9 Å². The molecule has 1 atom stereocenters. The Balaban J connectivity index is 3.16. The normalized spacial score (nSPS) is 12.9. The average molecular weight is 365 g/mol. The van der Waals surface area contributed by atoms with Crippen LogP contribution in [0.2, 0.25) is 0 Å². The first kappa shape index (κ1) is 25.7. The van der Waals surface area contributed by atoms with Crippen molar-refractivity contribution in [1.29, 1.82) is 0 Å². The summed E-state index contributed by atoms with van der Waals surface area (Å²) < 4.78 is 0. The van der Waals surface area contributed by atoms with Crippen molar-refractivity contribution in [3.63, 3.8) is 0 Å². The summed E-state index contributed by atoms with van der Waals surface area (Å²) in [5, 5.41) is 0. The van der Waals surface area contributed by atoms with Gasteiger partial charge in [0.1, 0.15) is 0 Å². The largest absolute Gasteiger partial charge is 0.0885 e. The minimum absolute atomic E-state index is 0.953. The Labute approximate surface area is 167 Å². The molecule has 0 bridgehead atoms. The van der Waals surface area contributed by atoms with E-state index in [1.54, 1.807) is 0 Å². The van der Waals surface area contributed by atoms with Gasteiger partial charge >= 0.3 is 0 Å². The molecule has 0 rings (SSSR count). The van der Waals surface area contributed by atoms with Crippen molar-refractivity contribution in [2.45, 2.75) is 149 Å². The lowest BCUT2D eigenvalue weighted by Crippen LogP contribution is -1.95. The molecule has 1 unspecified atom stereocenters. The third-order valence-electron chi connectivity index (χ3n) is 5.74. The lowest BCUT2D eigenvalue weighted by molar-refractivity contribution is 0.434. The molecule has 0 aromatic carbocycles. The predicted octanol–water partition coefficient (Wildman–Crippen LogP) is 10.0. The highest BCUT2D eigenvalue weighted by atomic mass is 14.1. The van der Waals surface area contributed by atoms with Crippen LogP contribution in [0.5, 0.6) is 0 Å². The van der Waals surface area contributed by atoms with Gasteiger partial charge in [0, 0.05) is 0 Å². The second kappa shape index (κ2) is 22.8. The van der Waals surface area contributed by atoms with Crippen LogP contribution in [0, 0.1) is 5.92 Å². The lowest BCUT2D eigenvalue weighted by Gasteiger charge is -2.10. The highest BCUT2D eigenvalue weighted by Crippen LogP contribution is 2.18. The summed E-state index contributed by atoms with van der Waals surface area (Å²) in [7, 11) is 0. The van der Waals surface area contributed by atoms with Crippen LogP contribution in [0.3, 0.4) is 0 Å². The Morgan fingerprint density at radius 1 is 0.462 bits per heavy atom. The fraction of sp³-hybridized carbons (Fsp3) is 0.923. The van der Waals surface area contributed by atoms with E-state index in [-0.39, 0.29) is 0 Å². The van der Waals surface area contributed by atoms with Gasteiger partial charge in [-0.1, -0.05) is 142 Å². The van der Waals surface area contributed by atoms with Crippen LogP contribution in [0.15, 0.2) is 12.2 Å². The topological polar surface area (TPSA) is 0 Å². The third kappa shape index (κ3) is 21.8. The van der Waals surface area contributed by atoms with Crippen LogP contribution in [0.1, 0.15) is 149 Å². The first-order chi connectivity index (χ1) is 12.8. The molecule has 26 heavy (non-hydrogen) atoms. The molecule has 0 heterocycles. The molecule has 0 radical (unpaired) electrons. The Hall–Kier alpha value is -0.260. The second-order valence-electron chi connectivity index (χ2n) is 8.68. The molecule has 0 saturated heterocycles. The van der Waals surface area contributed by atoms with Crippen LogP contribution in [0.25, 0.3) is 0 Å². The summed E-state index contributed by atoms with van der Waals surface area (Å²) in [5.74, 6) is 0.953. The van der Waals surface area contributed by atoms with Gasteiger partial charge in [0.2, 0.25) is 0 Å². The fourth-order valence-corrected chi connectivity index (χ4v) is 3.81. The molecule has 0 heteroatoms. The van der Waals surface area contributed by atoms with E-state index in [0.717, 1.165) is 5.92 Å². The van der Waals surface area contributed by atoms with Crippen LogP contribution in [-0.4, -0.2) is 0 Å². The molecular weight excluding hydrogens is 312 g/mol. The van der Waals surface area contributed by atoms with E-state index >= 15 is 0 Å². The van der Waals surface area contributed by atoms with Gasteiger partial charge in [0.15, 0.2) is 0 Å². The fourth-order valence-electron chi connectivity index (χ4n) is 3.81. The highest BCUT2D eigenvalue weighted by molar-refractivity contribution is 4.80. The molecule has 0 N–H and O–H groups in total. The van der Waals surface area contributed by atoms with Gasteiger partial charge < -0.3 is 0 Å². The van der Waals surface area contributed by atoms with E-state index in [9.17, 15) is 0 Å². The van der Waals surface area contributed by atoms with Crippen LogP contribution in [-0.2, 0) is 0 Å². The maximum Gasteiger partial charge on any atom is -0.0351 e. The molecule has 0 aromatic heterocycles. The molecule has 0 fully saturated rings. The number of rotatable bonds is 21. The van der Waals surface area contributed by atoms with E-state index in [4.69, 9.17) is 0 Å². The Kier molecular flexibility index (Phi) is 22.6. The van der Waals surface area contributed by atoms with Crippen molar-refractivity contribution >= 4 is 0 Å². The summed E-state index contributed by atoms with van der Waals surface area (Å²) in [6.45, 7) is 7.02. The Morgan fingerprint density at radius 3 is 1.38 bits per heavy atom. The van der Waals surface area contributed by atoms with Gasteiger partial charge in [-0.2, -0.15) is 0 Å². The maximum absolute atomic E-state index is 2.47. The average Bonchev–Trinajstić information content (AvgIpc) is 2.65. The highest BCUT2D eigenvalue weighted by Gasteiger charge is 2.02. The minimum Gasteiger partial charge on any atom is -0.0885 e. The molecule has 0 aromatic rings. The van der Waals surface area contributed by atoms with Gasteiger partial charge in [-0.3, -0.25) is 0 Å². The second-order valence-corrected chi connectivity index (χ2v) is 8.68. The quantitative estimate of drug-likeness (QED) is 0.140. The van der Waals surface area contributed by atoms with Crippen molar-refractivity contribution in [2.24, 2.45) is 5.92 Å². The van der Waals surface area contributed by atoms with Gasteiger partial charge in [0.05, 0.1) is 0 Å². The first-order valence-corrected chi connectivity index (χ1v) is 12.5. The predicted molar refractivity (Wildman–Crippen MR) is 122 cm³/mol. The summed E-state index contributed by atoms with van der Waals surface area (Å²) >= 11 is 0. The number of unbranched alkanes of at least 4 members (excludes halogenated alkanes) is 15. The van der Waals surface area contributed by atoms with Crippen molar-refractivity contribution < 1.29 is 0 Å². The van der Waals surface area contributed by atoms with Crippen LogP contribution in [0.4, 0.5) is 0 Å². The molecule has 0 aliphatic heterocycles. The number of allylic oxidation sites excluding steroid dienone is 2. The van der Waals surface area contributed by atoms with E-state index in [1.165, 1.54) is 128 Å². The van der Waals surface area contributed by atoms with E-state index in [0.29, 0.717) is 0 Å². The van der Waals surface area contributed by atoms with Crippen LogP contribution < -0.4 is 0 Å². The smallest absolute Gasteiger partial charge is 0.0351 e. The zero-order valence-electron chi connectivity index (χ0n) is 18.9. The third-order valence-corrected chi connectivity index (χ3v) is 5.74. The van der Waals surface area contributed by atoms with Crippen molar-refractivity contribution in [1.82, 2.24) is 0 Å². The number of hydrogen-bond acceptors (Lipinski definition) is 0. The molecule has 0 amide bonds. The van der Waals surface area contributed by atoms with Gasteiger partial charge in [-0.05, 0) is 25.2 Å². The molecule has 0 aliphatic rings. The van der Waals surface area contributed by atoms with Gasteiger partial charge in [-0.25, -0.2) is 0 Å². The monoisotopic (exact) mass is 364 g/mol. The standard InChI is InChI=1S/C26H52/c1-4-6-8-10-12-14-15-16-17-19-21-23-25-26(3)24-22-20-18-13-11-9-7-5-2/h9,11,26H,4-8,10,12-25H2,1-3H3/b11-9+. The Bertz CT molecular complexity index is 265. The maximum atomic E-state index is 2.47. The molecule has 0 nitrogen and oxygen atoms in total. The van der Waals surface area contributed by atoms with Crippen molar-refractivity contribution in [3.8, 4) is 0 Å². The molecule has 0 spiro atoms. The summed E-state index contributed by atoms with van der Waals surface area (Å²) in [4.78, 5) is 0. The zero-order chi connectivity index (χ0) is 19.1. The summed E-state index contributed by atoms with van der Waals surface area (Å²) in [6, 6.07) is 0. The van der Waals surface area contributed by atoms with E-state index < -0.39 is 0 Å². The molecule has 0 aliphatic carbocycles. The van der Waals surface area contributed by atoms with Crippen LogP contribution >= 0.6 is 0 Å². The molecular formula is C26H52. The van der Waals surface area contributed by atoms with Gasteiger partial charge in [-0.15, -0.1) is 0 Å². The molecule has 156 valence electrons. The van der Waals surface area contributed by atoms with Gasteiger partial charge in [0.25, 0.3) is 0 Å². The number of hydrogen-bond donors (Lipinski definition) is 0. The SMILES string of the molecule is CCC/C=C/CCCCCC(C)CCCCCCCCCCCCCC. The first-order valence-electron chi connectivity index (χ1n) is 12.5.